The van der Waals surface area contributed by atoms with Crippen molar-refractivity contribution in [1.82, 2.24) is 10.3 Å². The van der Waals surface area contributed by atoms with Crippen molar-refractivity contribution in [3.8, 4) is 0 Å². The minimum atomic E-state index is -0.386. The van der Waals surface area contributed by atoms with Crippen LogP contribution in [-0.4, -0.2) is 36.2 Å². The number of carbonyl (C=O) groups excluding carboxylic acids is 1. The first-order chi connectivity index (χ1) is 11.1. The molecule has 7 heteroatoms. The van der Waals surface area contributed by atoms with Crippen molar-refractivity contribution in [2.45, 2.75) is 25.5 Å². The summed E-state index contributed by atoms with van der Waals surface area (Å²) in [4.78, 5) is 17.3. The average Bonchev–Trinajstić information content (AvgIpc) is 2.97. The molecule has 2 atom stereocenters. The quantitative estimate of drug-likeness (QED) is 0.899. The van der Waals surface area contributed by atoms with Crippen LogP contribution >= 0.6 is 11.3 Å². The molecule has 0 bridgehead atoms. The zero-order valence-corrected chi connectivity index (χ0v) is 13.5. The summed E-state index contributed by atoms with van der Waals surface area (Å²) in [5.41, 5.74) is 0.616. The van der Waals surface area contributed by atoms with E-state index in [0.717, 1.165) is 4.88 Å². The standard InChI is InChI=1S/C16H18FN3O2S/c1-10-14(18-6-7-22-10)15(21)20-16-19-9-12(23-16)8-11-4-2-3-5-13(11)17/h2-5,9-10,14,18H,6-8H2,1H3,(H,19,20,21)/t10-,14+/m1/s1. The number of hydrogen-bond acceptors (Lipinski definition) is 5. The number of anilines is 1. The van der Waals surface area contributed by atoms with Gasteiger partial charge < -0.3 is 15.4 Å². The highest BCUT2D eigenvalue weighted by atomic mass is 32.1. The number of halogens is 1. The van der Waals surface area contributed by atoms with Crippen molar-refractivity contribution in [2.75, 3.05) is 18.5 Å². The zero-order valence-electron chi connectivity index (χ0n) is 12.7. The van der Waals surface area contributed by atoms with Crippen LogP contribution in [0.1, 0.15) is 17.4 Å². The Morgan fingerprint density at radius 3 is 3.13 bits per heavy atom. The molecule has 1 fully saturated rings. The summed E-state index contributed by atoms with van der Waals surface area (Å²) in [6, 6.07) is 6.27. The number of carbonyl (C=O) groups is 1. The zero-order chi connectivity index (χ0) is 16.2. The summed E-state index contributed by atoms with van der Waals surface area (Å²) in [6.07, 6.45) is 1.95. The molecule has 122 valence electrons. The first-order valence-corrected chi connectivity index (χ1v) is 8.29. The van der Waals surface area contributed by atoms with Gasteiger partial charge in [0.1, 0.15) is 11.9 Å². The third-order valence-corrected chi connectivity index (χ3v) is 4.62. The summed E-state index contributed by atoms with van der Waals surface area (Å²) in [5.74, 6) is -0.396. The molecule has 23 heavy (non-hydrogen) atoms. The molecule has 1 aromatic heterocycles. The van der Waals surface area contributed by atoms with Crippen LogP contribution in [0.4, 0.5) is 9.52 Å². The van der Waals surface area contributed by atoms with Crippen LogP contribution in [0.2, 0.25) is 0 Å². The maximum atomic E-state index is 13.7. The summed E-state index contributed by atoms with van der Waals surface area (Å²) < 4.78 is 19.1. The molecule has 2 aromatic rings. The lowest BCUT2D eigenvalue weighted by Crippen LogP contribution is -2.53. The van der Waals surface area contributed by atoms with Crippen LogP contribution in [0.3, 0.4) is 0 Å². The Labute approximate surface area is 137 Å². The van der Waals surface area contributed by atoms with Crippen LogP contribution in [0, 0.1) is 5.82 Å². The molecule has 5 nitrogen and oxygen atoms in total. The predicted molar refractivity (Wildman–Crippen MR) is 87.2 cm³/mol. The molecular formula is C16H18FN3O2S. The maximum absolute atomic E-state index is 13.7. The number of hydrogen-bond donors (Lipinski definition) is 2. The second kappa shape index (κ2) is 7.16. The number of nitrogens with zero attached hydrogens (tertiary/aromatic N) is 1. The molecule has 1 aromatic carbocycles. The summed E-state index contributed by atoms with van der Waals surface area (Å²) in [5, 5.41) is 6.44. The van der Waals surface area contributed by atoms with E-state index >= 15 is 0 Å². The van der Waals surface area contributed by atoms with Gasteiger partial charge in [0.2, 0.25) is 5.91 Å². The van der Waals surface area contributed by atoms with Gasteiger partial charge in [-0.05, 0) is 18.6 Å². The number of morpholine rings is 1. The first-order valence-electron chi connectivity index (χ1n) is 7.47. The topological polar surface area (TPSA) is 63.2 Å². The second-order valence-electron chi connectivity index (χ2n) is 5.40. The van der Waals surface area contributed by atoms with Crippen LogP contribution in [0.25, 0.3) is 0 Å². The van der Waals surface area contributed by atoms with Crippen molar-refractivity contribution >= 4 is 22.4 Å². The molecule has 0 aliphatic carbocycles. The number of rotatable bonds is 4. The van der Waals surface area contributed by atoms with Gasteiger partial charge in [0.25, 0.3) is 0 Å². The Morgan fingerprint density at radius 1 is 1.52 bits per heavy atom. The summed E-state index contributed by atoms with van der Waals surface area (Å²) in [7, 11) is 0. The monoisotopic (exact) mass is 335 g/mol. The van der Waals surface area contributed by atoms with Crippen molar-refractivity contribution in [3.63, 3.8) is 0 Å². The molecule has 2 heterocycles. The van der Waals surface area contributed by atoms with Gasteiger partial charge in [0.15, 0.2) is 5.13 Å². The van der Waals surface area contributed by atoms with Crippen LogP contribution in [0.15, 0.2) is 30.5 Å². The van der Waals surface area contributed by atoms with Crippen molar-refractivity contribution in [1.29, 1.82) is 0 Å². The highest BCUT2D eigenvalue weighted by molar-refractivity contribution is 7.15. The number of nitrogens with one attached hydrogen (secondary N) is 2. The minimum absolute atomic E-state index is 0.163. The minimum Gasteiger partial charge on any atom is -0.375 e. The van der Waals surface area contributed by atoms with E-state index < -0.39 is 0 Å². The Balaban J connectivity index is 1.63. The molecule has 3 rings (SSSR count). The van der Waals surface area contributed by atoms with Crippen LogP contribution < -0.4 is 10.6 Å². The number of ether oxygens (including phenoxy) is 1. The molecular weight excluding hydrogens is 317 g/mol. The van der Waals surface area contributed by atoms with Gasteiger partial charge in [0, 0.05) is 24.0 Å². The number of aromatic nitrogens is 1. The average molecular weight is 335 g/mol. The van der Waals surface area contributed by atoms with Crippen molar-refractivity contribution < 1.29 is 13.9 Å². The van der Waals surface area contributed by atoms with Crippen LogP contribution in [0.5, 0.6) is 0 Å². The van der Waals surface area contributed by atoms with E-state index in [4.69, 9.17) is 4.74 Å². The van der Waals surface area contributed by atoms with E-state index in [2.05, 4.69) is 15.6 Å². The molecule has 1 aliphatic heterocycles. The molecule has 2 N–H and O–H groups in total. The van der Waals surface area contributed by atoms with Gasteiger partial charge >= 0.3 is 0 Å². The van der Waals surface area contributed by atoms with Crippen LogP contribution in [-0.2, 0) is 16.0 Å². The van der Waals surface area contributed by atoms with Gasteiger partial charge in [-0.1, -0.05) is 18.2 Å². The molecule has 1 saturated heterocycles. The highest BCUT2D eigenvalue weighted by Crippen LogP contribution is 2.22. The van der Waals surface area contributed by atoms with Gasteiger partial charge in [-0.15, -0.1) is 11.3 Å². The Hall–Kier alpha value is -1.83. The van der Waals surface area contributed by atoms with Gasteiger partial charge in [0.05, 0.1) is 12.7 Å². The van der Waals surface area contributed by atoms with E-state index in [-0.39, 0.29) is 23.9 Å². The van der Waals surface area contributed by atoms with E-state index in [1.165, 1.54) is 17.4 Å². The van der Waals surface area contributed by atoms with Crippen molar-refractivity contribution in [2.24, 2.45) is 0 Å². The molecule has 0 radical (unpaired) electrons. The molecule has 0 saturated carbocycles. The summed E-state index contributed by atoms with van der Waals surface area (Å²) >= 11 is 1.35. The summed E-state index contributed by atoms with van der Waals surface area (Å²) in [6.45, 7) is 3.12. The predicted octanol–water partition coefficient (Wildman–Crippen LogP) is 2.19. The first kappa shape index (κ1) is 16.0. The SMILES string of the molecule is C[C@H]1OCCN[C@@H]1C(=O)Nc1ncc(Cc2ccccc2F)s1. The third-order valence-electron chi connectivity index (χ3n) is 3.71. The van der Waals surface area contributed by atoms with Gasteiger partial charge in [-0.2, -0.15) is 0 Å². The number of amides is 1. The van der Waals surface area contributed by atoms with E-state index in [9.17, 15) is 9.18 Å². The smallest absolute Gasteiger partial charge is 0.245 e. The Kier molecular flexibility index (Phi) is 5.00. The second-order valence-corrected chi connectivity index (χ2v) is 6.51. The lowest BCUT2D eigenvalue weighted by atomic mass is 10.1. The van der Waals surface area contributed by atoms with Gasteiger partial charge in [-0.3, -0.25) is 4.79 Å². The van der Waals surface area contributed by atoms with E-state index in [1.54, 1.807) is 24.4 Å². The molecule has 0 unspecified atom stereocenters. The molecule has 1 amide bonds. The van der Waals surface area contributed by atoms with Crippen molar-refractivity contribution in [3.05, 3.63) is 46.7 Å². The fourth-order valence-corrected chi connectivity index (χ4v) is 3.33. The molecule has 1 aliphatic rings. The highest BCUT2D eigenvalue weighted by Gasteiger charge is 2.28. The largest absolute Gasteiger partial charge is 0.375 e. The lowest BCUT2D eigenvalue weighted by molar-refractivity contribution is -0.123. The van der Waals surface area contributed by atoms with E-state index in [1.807, 2.05) is 6.92 Å². The lowest BCUT2D eigenvalue weighted by Gasteiger charge is -2.28. The fraction of sp³-hybridized carbons (Fsp3) is 0.375. The third kappa shape index (κ3) is 3.93. The Morgan fingerprint density at radius 2 is 2.35 bits per heavy atom. The normalized spacial score (nSPS) is 21.1. The Bertz CT molecular complexity index is 691. The fourth-order valence-electron chi connectivity index (χ4n) is 2.49. The van der Waals surface area contributed by atoms with E-state index in [0.29, 0.717) is 30.3 Å². The number of benzene rings is 1. The maximum Gasteiger partial charge on any atom is 0.245 e. The van der Waals surface area contributed by atoms with Gasteiger partial charge in [-0.25, -0.2) is 9.37 Å². The molecule has 0 spiro atoms. The number of thiazole rings is 1.